The number of ether oxygens (including phenoxy) is 2. The summed E-state index contributed by atoms with van der Waals surface area (Å²) in [5.74, 6) is -1.90. The highest BCUT2D eigenvalue weighted by atomic mass is 19.3. The Hall–Kier alpha value is -2.64. The Morgan fingerprint density at radius 3 is 2.54 bits per heavy atom. The zero-order valence-electron chi connectivity index (χ0n) is 13.8. The van der Waals surface area contributed by atoms with Gasteiger partial charge in [0, 0.05) is 18.3 Å². The van der Waals surface area contributed by atoms with Gasteiger partial charge in [0.1, 0.15) is 5.75 Å². The number of hydrogen-bond donors (Lipinski definition) is 0. The number of rotatable bonds is 8. The molecule has 2 rings (SSSR count). The summed E-state index contributed by atoms with van der Waals surface area (Å²) < 4.78 is 75.2. The molecule has 0 radical (unpaired) electrons. The second-order valence-corrected chi connectivity index (χ2v) is 5.29. The number of aryl methyl sites for hydroxylation is 1. The van der Waals surface area contributed by atoms with E-state index < -0.39 is 35.5 Å². The van der Waals surface area contributed by atoms with Crippen molar-refractivity contribution in [2.24, 2.45) is 0 Å². The van der Waals surface area contributed by atoms with Crippen LogP contribution in [-0.4, -0.2) is 11.4 Å². The molecule has 1 aromatic heterocycles. The second kappa shape index (κ2) is 8.64. The third-order valence-corrected chi connectivity index (χ3v) is 3.23. The zero-order chi connectivity index (χ0) is 19.2. The summed E-state index contributed by atoms with van der Waals surface area (Å²) in [6.45, 7) is 1.96. The Balaban J connectivity index is 2.09. The lowest BCUT2D eigenvalue weighted by molar-refractivity contribution is -0.188. The molecule has 2 aromatic rings. The fourth-order valence-corrected chi connectivity index (χ4v) is 2.05. The smallest absolute Gasteiger partial charge is 0.444 e. The molecule has 1 heterocycles. The maximum absolute atomic E-state index is 14.2. The van der Waals surface area contributed by atoms with Crippen molar-refractivity contribution in [1.29, 1.82) is 0 Å². The molecule has 0 spiro atoms. The Morgan fingerprint density at radius 1 is 1.19 bits per heavy atom. The van der Waals surface area contributed by atoms with Crippen LogP contribution in [0.2, 0.25) is 0 Å². The van der Waals surface area contributed by atoms with Crippen LogP contribution in [0.15, 0.2) is 48.9 Å². The number of nitrogens with zero attached hydrogens (tertiary/aromatic N) is 1. The fourth-order valence-electron chi connectivity index (χ4n) is 2.05. The SMILES string of the molecule is CCCc1ccc(C(F)(F)Oc2ccc(O/C=C/C(F)F)c(F)c2)nc1. The van der Waals surface area contributed by atoms with E-state index in [1.807, 2.05) is 6.92 Å². The average Bonchev–Trinajstić information content (AvgIpc) is 2.57. The number of alkyl halides is 4. The minimum Gasteiger partial charge on any atom is -0.462 e. The number of pyridine rings is 1. The molecule has 0 bridgehead atoms. The van der Waals surface area contributed by atoms with Crippen LogP contribution < -0.4 is 9.47 Å². The van der Waals surface area contributed by atoms with Crippen molar-refractivity contribution in [3.63, 3.8) is 0 Å². The van der Waals surface area contributed by atoms with Gasteiger partial charge < -0.3 is 9.47 Å². The van der Waals surface area contributed by atoms with E-state index in [-0.39, 0.29) is 0 Å². The van der Waals surface area contributed by atoms with Gasteiger partial charge in [-0.2, -0.15) is 8.78 Å². The second-order valence-electron chi connectivity index (χ2n) is 5.29. The zero-order valence-corrected chi connectivity index (χ0v) is 13.8. The van der Waals surface area contributed by atoms with Gasteiger partial charge in [0.2, 0.25) is 0 Å². The molecule has 0 saturated heterocycles. The first-order chi connectivity index (χ1) is 12.3. The van der Waals surface area contributed by atoms with E-state index in [0.29, 0.717) is 24.8 Å². The molecular weight excluding hydrogens is 357 g/mol. The van der Waals surface area contributed by atoms with Crippen molar-refractivity contribution in [1.82, 2.24) is 4.98 Å². The number of hydrogen-bond acceptors (Lipinski definition) is 3. The van der Waals surface area contributed by atoms with Crippen molar-refractivity contribution in [2.45, 2.75) is 32.3 Å². The molecule has 26 heavy (non-hydrogen) atoms. The Labute approximate surface area is 147 Å². The average molecular weight is 373 g/mol. The predicted octanol–water partition coefficient (Wildman–Crippen LogP) is 5.46. The highest BCUT2D eigenvalue weighted by molar-refractivity contribution is 5.34. The van der Waals surface area contributed by atoms with Crippen LogP contribution in [0.1, 0.15) is 24.6 Å². The van der Waals surface area contributed by atoms with Gasteiger partial charge in [0.05, 0.1) is 6.26 Å². The van der Waals surface area contributed by atoms with Gasteiger partial charge in [-0.1, -0.05) is 19.4 Å². The van der Waals surface area contributed by atoms with E-state index in [4.69, 9.17) is 0 Å². The molecule has 0 atom stereocenters. The summed E-state index contributed by atoms with van der Waals surface area (Å²) >= 11 is 0. The summed E-state index contributed by atoms with van der Waals surface area (Å²) in [4.78, 5) is 3.69. The molecule has 3 nitrogen and oxygen atoms in total. The molecule has 0 amide bonds. The van der Waals surface area contributed by atoms with Crippen molar-refractivity contribution in [3.05, 3.63) is 65.9 Å². The molecular formula is C18H16F5NO2. The van der Waals surface area contributed by atoms with Gasteiger partial charge in [-0.3, -0.25) is 4.98 Å². The molecule has 0 saturated carbocycles. The van der Waals surface area contributed by atoms with E-state index in [0.717, 1.165) is 30.2 Å². The van der Waals surface area contributed by atoms with Gasteiger partial charge in [0.15, 0.2) is 17.3 Å². The topological polar surface area (TPSA) is 31.4 Å². The molecule has 0 aliphatic rings. The highest BCUT2D eigenvalue weighted by Crippen LogP contribution is 2.32. The van der Waals surface area contributed by atoms with Gasteiger partial charge >= 0.3 is 6.11 Å². The summed E-state index contributed by atoms with van der Waals surface area (Å²) in [6.07, 6.45) is -2.60. The van der Waals surface area contributed by atoms with Gasteiger partial charge in [0.25, 0.3) is 6.43 Å². The normalized spacial score (nSPS) is 12.0. The molecule has 1 aromatic carbocycles. The van der Waals surface area contributed by atoms with Crippen LogP contribution in [0.5, 0.6) is 11.5 Å². The lowest BCUT2D eigenvalue weighted by Gasteiger charge is -2.18. The van der Waals surface area contributed by atoms with E-state index in [1.165, 1.54) is 12.3 Å². The number of benzene rings is 1. The van der Waals surface area contributed by atoms with Crippen molar-refractivity contribution in [3.8, 4) is 11.5 Å². The minimum atomic E-state index is -3.77. The summed E-state index contributed by atoms with van der Waals surface area (Å²) in [5, 5.41) is 0. The van der Waals surface area contributed by atoms with Crippen molar-refractivity contribution < 1.29 is 31.4 Å². The fraction of sp³-hybridized carbons (Fsp3) is 0.278. The lowest BCUT2D eigenvalue weighted by Crippen LogP contribution is -2.23. The quantitative estimate of drug-likeness (QED) is 0.455. The maximum atomic E-state index is 14.2. The van der Waals surface area contributed by atoms with Crippen LogP contribution in [0.4, 0.5) is 22.0 Å². The Bertz CT molecular complexity index is 748. The number of aromatic nitrogens is 1. The minimum absolute atomic E-state index is 0.403. The maximum Gasteiger partial charge on any atom is 0.444 e. The molecule has 0 unspecified atom stereocenters. The standard InChI is InChI=1S/C18H16F5NO2/c1-2-3-12-4-7-16(24-11-12)18(22,23)26-13-5-6-15(14(19)10-13)25-9-8-17(20)21/h4-11,17H,2-3H2,1H3/b9-8+. The van der Waals surface area contributed by atoms with Crippen LogP contribution in [0.3, 0.4) is 0 Å². The van der Waals surface area contributed by atoms with Crippen molar-refractivity contribution in [2.75, 3.05) is 0 Å². The van der Waals surface area contributed by atoms with Gasteiger partial charge in [-0.25, -0.2) is 13.2 Å². The first-order valence-corrected chi connectivity index (χ1v) is 7.75. The Kier molecular flexibility index (Phi) is 6.54. The first-order valence-electron chi connectivity index (χ1n) is 7.75. The molecule has 0 aliphatic carbocycles. The Morgan fingerprint density at radius 2 is 1.96 bits per heavy atom. The largest absolute Gasteiger partial charge is 0.462 e. The summed E-state index contributed by atoms with van der Waals surface area (Å²) in [5.41, 5.74) is 0.203. The number of allylic oxidation sites excluding steroid dienone is 1. The first kappa shape index (κ1) is 19.7. The monoisotopic (exact) mass is 373 g/mol. The summed E-state index contributed by atoms with van der Waals surface area (Å²) in [6, 6.07) is 5.37. The summed E-state index contributed by atoms with van der Waals surface area (Å²) in [7, 11) is 0. The third kappa shape index (κ3) is 5.44. The lowest BCUT2D eigenvalue weighted by atomic mass is 10.1. The number of halogens is 5. The molecule has 0 N–H and O–H groups in total. The van der Waals surface area contributed by atoms with E-state index >= 15 is 0 Å². The van der Waals surface area contributed by atoms with Crippen LogP contribution in [0.25, 0.3) is 0 Å². The van der Waals surface area contributed by atoms with Crippen LogP contribution in [-0.2, 0) is 12.5 Å². The molecule has 0 aliphatic heterocycles. The van der Waals surface area contributed by atoms with Crippen molar-refractivity contribution >= 4 is 0 Å². The highest BCUT2D eigenvalue weighted by Gasteiger charge is 2.36. The third-order valence-electron chi connectivity index (χ3n) is 3.23. The van der Waals surface area contributed by atoms with Gasteiger partial charge in [-0.05, 0) is 30.2 Å². The van der Waals surface area contributed by atoms with Gasteiger partial charge in [-0.15, -0.1) is 0 Å². The van der Waals surface area contributed by atoms with Crippen LogP contribution >= 0.6 is 0 Å². The van der Waals surface area contributed by atoms with E-state index in [1.54, 1.807) is 0 Å². The van der Waals surface area contributed by atoms with E-state index in [9.17, 15) is 22.0 Å². The predicted molar refractivity (Wildman–Crippen MR) is 84.9 cm³/mol. The van der Waals surface area contributed by atoms with Crippen LogP contribution in [0, 0.1) is 5.82 Å². The van der Waals surface area contributed by atoms with E-state index in [2.05, 4.69) is 14.5 Å². The molecule has 8 heteroatoms. The molecule has 140 valence electrons. The molecule has 0 fully saturated rings.